The molecule has 0 bridgehead atoms. The van der Waals surface area contributed by atoms with Crippen LogP contribution in [0, 0.1) is 5.92 Å². The Morgan fingerprint density at radius 2 is 1.76 bits per heavy atom. The van der Waals surface area contributed by atoms with Crippen LogP contribution >= 0.6 is 0 Å². The summed E-state index contributed by atoms with van der Waals surface area (Å²) >= 11 is 0. The molecule has 1 N–H and O–H groups in total. The maximum absolute atomic E-state index is 12.7. The zero-order valence-electron chi connectivity index (χ0n) is 21.7. The van der Waals surface area contributed by atoms with Crippen molar-refractivity contribution in [2.24, 2.45) is 5.92 Å². The molecule has 200 valence electrons. The standard InChI is InChI=1S/C28H36N2O7/c1-4-12-29(28(33)35-15-5-2)13-14-30-17-22(20-8-11-23-24(16-20)37-18-36-23)25(27(31)32)26(30)19-6-9-21(34-3)10-7-19/h6-11,16,22,25-26H,4-5,12-15,17-18H2,1-3H3,(H,31,32)/t22?,25-,26+/m0/s1. The minimum atomic E-state index is -0.862. The van der Waals surface area contributed by atoms with E-state index >= 15 is 0 Å². The number of likely N-dealkylation sites (tertiary alicyclic amines) is 1. The molecule has 2 heterocycles. The molecule has 37 heavy (non-hydrogen) atoms. The molecule has 3 atom stereocenters. The van der Waals surface area contributed by atoms with Gasteiger partial charge in [-0.3, -0.25) is 9.69 Å². The Hall–Kier alpha value is -3.46. The second-order valence-electron chi connectivity index (χ2n) is 9.40. The topological polar surface area (TPSA) is 97.8 Å². The fourth-order valence-electron chi connectivity index (χ4n) is 5.23. The Morgan fingerprint density at radius 3 is 2.43 bits per heavy atom. The first-order chi connectivity index (χ1) is 18.0. The summed E-state index contributed by atoms with van der Waals surface area (Å²) < 4.78 is 21.7. The van der Waals surface area contributed by atoms with Gasteiger partial charge in [-0.05, 0) is 48.2 Å². The molecule has 9 heteroatoms. The summed E-state index contributed by atoms with van der Waals surface area (Å²) in [6.45, 7) is 6.59. The van der Waals surface area contributed by atoms with Gasteiger partial charge in [-0.1, -0.05) is 32.0 Å². The molecule has 0 spiro atoms. The van der Waals surface area contributed by atoms with Crippen LogP contribution in [0.1, 0.15) is 49.8 Å². The van der Waals surface area contributed by atoms with Gasteiger partial charge in [0.2, 0.25) is 6.79 Å². The number of fused-ring (bicyclic) bond motifs is 1. The Labute approximate surface area is 217 Å². The highest BCUT2D eigenvalue weighted by Crippen LogP contribution is 2.47. The number of benzene rings is 2. The van der Waals surface area contributed by atoms with Crippen LogP contribution in [-0.2, 0) is 9.53 Å². The average molecular weight is 513 g/mol. The molecule has 1 fully saturated rings. The SMILES string of the molecule is CCCOC(=O)N(CCC)CCN1CC(c2ccc3c(c2)OCO3)[C@H](C(=O)O)[C@H]1c1ccc(OC)cc1. The number of nitrogens with zero attached hydrogens (tertiary/aromatic N) is 2. The lowest BCUT2D eigenvalue weighted by molar-refractivity contribution is -0.143. The molecule has 2 aliphatic heterocycles. The molecule has 2 aliphatic rings. The number of hydrogen-bond acceptors (Lipinski definition) is 7. The average Bonchev–Trinajstić information content (AvgIpc) is 3.54. The summed E-state index contributed by atoms with van der Waals surface area (Å²) in [5.41, 5.74) is 1.79. The quantitative estimate of drug-likeness (QED) is 0.469. The van der Waals surface area contributed by atoms with Crippen molar-refractivity contribution >= 4 is 12.1 Å². The molecule has 1 amide bonds. The van der Waals surface area contributed by atoms with Crippen molar-refractivity contribution in [1.29, 1.82) is 0 Å². The summed E-state index contributed by atoms with van der Waals surface area (Å²) in [5, 5.41) is 10.4. The van der Waals surface area contributed by atoms with Crippen molar-refractivity contribution in [3.63, 3.8) is 0 Å². The third kappa shape index (κ3) is 5.93. The van der Waals surface area contributed by atoms with Gasteiger partial charge in [-0.25, -0.2) is 4.79 Å². The summed E-state index contributed by atoms with van der Waals surface area (Å²) in [6, 6.07) is 12.8. The number of rotatable bonds is 11. The number of hydrogen-bond donors (Lipinski definition) is 1. The van der Waals surface area contributed by atoms with Crippen molar-refractivity contribution < 1.29 is 33.6 Å². The molecule has 2 aromatic carbocycles. The summed E-state index contributed by atoms with van der Waals surface area (Å²) in [7, 11) is 1.60. The van der Waals surface area contributed by atoms with Crippen molar-refractivity contribution in [2.45, 2.75) is 38.6 Å². The highest BCUT2D eigenvalue weighted by atomic mass is 16.7. The van der Waals surface area contributed by atoms with Crippen LogP contribution in [0.25, 0.3) is 0 Å². The van der Waals surface area contributed by atoms with E-state index in [1.54, 1.807) is 12.0 Å². The molecule has 0 radical (unpaired) electrons. The molecular weight excluding hydrogens is 476 g/mol. The van der Waals surface area contributed by atoms with Crippen molar-refractivity contribution in [3.8, 4) is 17.2 Å². The second-order valence-corrected chi connectivity index (χ2v) is 9.40. The molecule has 4 rings (SSSR count). The Bertz CT molecular complexity index is 1070. The predicted octanol–water partition coefficient (Wildman–Crippen LogP) is 4.52. The number of amides is 1. The fraction of sp³-hybridized carbons (Fsp3) is 0.500. The smallest absolute Gasteiger partial charge is 0.409 e. The molecule has 2 aromatic rings. The van der Waals surface area contributed by atoms with Crippen LogP contribution in [0.4, 0.5) is 4.79 Å². The number of aliphatic carboxylic acids is 1. The van der Waals surface area contributed by atoms with Crippen molar-refractivity contribution in [2.75, 3.05) is 46.7 Å². The highest BCUT2D eigenvalue weighted by Gasteiger charge is 2.47. The van der Waals surface area contributed by atoms with Gasteiger partial charge in [-0.2, -0.15) is 0 Å². The zero-order valence-corrected chi connectivity index (χ0v) is 21.7. The highest BCUT2D eigenvalue weighted by molar-refractivity contribution is 5.74. The third-order valence-electron chi connectivity index (χ3n) is 7.00. The molecule has 0 aromatic heterocycles. The number of carboxylic acid groups (broad SMARTS) is 1. The predicted molar refractivity (Wildman–Crippen MR) is 137 cm³/mol. The van der Waals surface area contributed by atoms with E-state index < -0.39 is 11.9 Å². The first kappa shape index (κ1) is 26.6. The zero-order chi connectivity index (χ0) is 26.4. The van der Waals surface area contributed by atoms with E-state index in [2.05, 4.69) is 4.90 Å². The maximum atomic E-state index is 12.7. The van der Waals surface area contributed by atoms with Crippen molar-refractivity contribution in [1.82, 2.24) is 9.80 Å². The van der Waals surface area contributed by atoms with Crippen LogP contribution in [0.3, 0.4) is 0 Å². The third-order valence-corrected chi connectivity index (χ3v) is 7.00. The van der Waals surface area contributed by atoms with Crippen molar-refractivity contribution in [3.05, 3.63) is 53.6 Å². The number of carbonyl (C=O) groups excluding carboxylic acids is 1. The van der Waals surface area contributed by atoms with Gasteiger partial charge in [-0.15, -0.1) is 0 Å². The van der Waals surface area contributed by atoms with Gasteiger partial charge >= 0.3 is 12.1 Å². The molecule has 9 nitrogen and oxygen atoms in total. The first-order valence-corrected chi connectivity index (χ1v) is 12.9. The summed E-state index contributed by atoms with van der Waals surface area (Å²) in [6.07, 6.45) is 1.24. The summed E-state index contributed by atoms with van der Waals surface area (Å²) in [5.74, 6) is 0.178. The lowest BCUT2D eigenvalue weighted by atomic mass is 9.82. The monoisotopic (exact) mass is 512 g/mol. The van der Waals surface area contributed by atoms with Crippen LogP contribution in [0.2, 0.25) is 0 Å². The number of carbonyl (C=O) groups is 2. The van der Waals surface area contributed by atoms with Gasteiger partial charge < -0.3 is 29.0 Å². The van der Waals surface area contributed by atoms with E-state index in [0.717, 1.165) is 24.0 Å². The van der Waals surface area contributed by atoms with E-state index in [-0.39, 0.29) is 24.8 Å². The van der Waals surface area contributed by atoms with Crippen LogP contribution < -0.4 is 14.2 Å². The summed E-state index contributed by atoms with van der Waals surface area (Å²) in [4.78, 5) is 29.3. The van der Waals surface area contributed by atoms with E-state index in [9.17, 15) is 14.7 Å². The molecule has 1 saturated heterocycles. The lowest BCUT2D eigenvalue weighted by Crippen LogP contribution is -2.40. The van der Waals surface area contributed by atoms with E-state index in [0.29, 0.717) is 50.0 Å². The Morgan fingerprint density at radius 1 is 1.03 bits per heavy atom. The van der Waals surface area contributed by atoms with Gasteiger partial charge in [0.25, 0.3) is 0 Å². The van der Waals surface area contributed by atoms with Crippen LogP contribution in [-0.4, -0.2) is 73.7 Å². The fourth-order valence-corrected chi connectivity index (χ4v) is 5.23. The molecule has 0 saturated carbocycles. The van der Waals surface area contributed by atoms with Gasteiger partial charge in [0.15, 0.2) is 11.5 Å². The number of methoxy groups -OCH3 is 1. The Balaban J connectivity index is 1.64. The minimum Gasteiger partial charge on any atom is -0.497 e. The van der Waals surface area contributed by atoms with Crippen LogP contribution in [0.15, 0.2) is 42.5 Å². The minimum absolute atomic E-state index is 0.161. The second kappa shape index (κ2) is 12.2. The van der Waals surface area contributed by atoms with Gasteiger partial charge in [0.05, 0.1) is 19.6 Å². The van der Waals surface area contributed by atoms with E-state index in [4.69, 9.17) is 18.9 Å². The Kier molecular flexibility index (Phi) is 8.76. The van der Waals surface area contributed by atoms with E-state index in [1.165, 1.54) is 0 Å². The first-order valence-electron chi connectivity index (χ1n) is 12.9. The number of carboxylic acids is 1. The van der Waals surface area contributed by atoms with Gasteiger partial charge in [0, 0.05) is 38.1 Å². The molecule has 0 aliphatic carbocycles. The van der Waals surface area contributed by atoms with Crippen LogP contribution in [0.5, 0.6) is 17.2 Å². The largest absolute Gasteiger partial charge is 0.497 e. The number of ether oxygens (including phenoxy) is 4. The molecular formula is C28H36N2O7. The normalized spacial score (nSPS) is 20.6. The van der Waals surface area contributed by atoms with Gasteiger partial charge in [0.1, 0.15) is 5.75 Å². The molecule has 1 unspecified atom stereocenters. The maximum Gasteiger partial charge on any atom is 0.409 e. The van der Waals surface area contributed by atoms with E-state index in [1.807, 2.05) is 56.3 Å². The lowest BCUT2D eigenvalue weighted by Gasteiger charge is -2.30.